The first-order chi connectivity index (χ1) is 12.5. The quantitative estimate of drug-likeness (QED) is 0.429. The Bertz CT molecular complexity index is 912. The smallest absolute Gasteiger partial charge is 0.266 e. The average molecular weight is 403 g/mol. The van der Waals surface area contributed by atoms with Gasteiger partial charge in [-0.1, -0.05) is 23.7 Å². The lowest BCUT2D eigenvalue weighted by Crippen LogP contribution is -2.10. The number of hydrogen-bond donors (Lipinski definition) is 1. The molecule has 0 aromatic heterocycles. The Hall–Kier alpha value is -3.21. The molecule has 2 aromatic carbocycles. The zero-order valence-electron chi connectivity index (χ0n) is 13.5. The van der Waals surface area contributed by atoms with Crippen LogP contribution in [-0.4, -0.2) is 15.6 Å². The molecule has 0 aliphatic carbocycles. The summed E-state index contributed by atoms with van der Waals surface area (Å²) in [6.07, 6.45) is -4.99. The molecule has 0 atom stereocenters. The third kappa shape index (κ3) is 4.70. The van der Waals surface area contributed by atoms with Crippen LogP contribution < -0.4 is 5.43 Å². The van der Waals surface area contributed by atoms with Gasteiger partial charge in [-0.25, -0.2) is 0 Å². The first-order valence-corrected chi connectivity index (χ1v) is 7.48. The summed E-state index contributed by atoms with van der Waals surface area (Å²) in [6.45, 7) is 1.49. The molecule has 0 radical (unpaired) electrons. The van der Waals surface area contributed by atoms with Gasteiger partial charge in [0.25, 0.3) is 0 Å². The maximum absolute atomic E-state index is 12.9. The third-order valence-electron chi connectivity index (χ3n) is 3.40. The lowest BCUT2D eigenvalue weighted by molar-refractivity contribution is -0.392. The van der Waals surface area contributed by atoms with Crippen molar-refractivity contribution in [2.75, 3.05) is 5.43 Å². The van der Waals surface area contributed by atoms with Crippen LogP contribution >= 0.6 is 11.6 Å². The summed E-state index contributed by atoms with van der Waals surface area (Å²) in [4.78, 5) is 20.0. The molecule has 0 aliphatic rings. The van der Waals surface area contributed by atoms with Crippen molar-refractivity contribution in [3.63, 3.8) is 0 Å². The van der Waals surface area contributed by atoms with Crippen LogP contribution in [0.5, 0.6) is 0 Å². The molecule has 0 saturated carbocycles. The van der Waals surface area contributed by atoms with Gasteiger partial charge in [-0.2, -0.15) is 18.3 Å². The standard InChI is InChI=1S/C15H10ClF3N4O4/c1-8(9-3-2-4-11(16)5-9)20-21-14-12(22(24)25)6-10(15(17,18)19)7-13(14)23(26)27/h2-7,21H,1H3/b20-8-. The van der Waals surface area contributed by atoms with Crippen molar-refractivity contribution in [2.24, 2.45) is 5.10 Å². The lowest BCUT2D eigenvalue weighted by atomic mass is 10.1. The largest absolute Gasteiger partial charge is 0.416 e. The van der Waals surface area contributed by atoms with Crippen molar-refractivity contribution >= 4 is 34.4 Å². The normalized spacial score (nSPS) is 12.0. The van der Waals surface area contributed by atoms with Crippen LogP contribution in [0.4, 0.5) is 30.2 Å². The van der Waals surface area contributed by atoms with Crippen LogP contribution in [0.2, 0.25) is 5.02 Å². The van der Waals surface area contributed by atoms with Gasteiger partial charge >= 0.3 is 17.6 Å². The molecule has 2 rings (SSSR count). The van der Waals surface area contributed by atoms with Crippen LogP contribution in [0.25, 0.3) is 0 Å². The van der Waals surface area contributed by atoms with E-state index >= 15 is 0 Å². The van der Waals surface area contributed by atoms with E-state index in [0.29, 0.717) is 10.6 Å². The monoisotopic (exact) mass is 402 g/mol. The number of nitrogens with one attached hydrogen (secondary N) is 1. The van der Waals surface area contributed by atoms with E-state index in [0.717, 1.165) is 0 Å². The minimum absolute atomic E-state index is 0.208. The molecule has 0 fully saturated rings. The highest BCUT2D eigenvalue weighted by Crippen LogP contribution is 2.41. The van der Waals surface area contributed by atoms with E-state index < -0.39 is 38.6 Å². The van der Waals surface area contributed by atoms with E-state index in [-0.39, 0.29) is 17.8 Å². The number of halogens is 4. The summed E-state index contributed by atoms with van der Waals surface area (Å²) in [6, 6.07) is 6.76. The maximum Gasteiger partial charge on any atom is 0.416 e. The minimum Gasteiger partial charge on any atom is -0.266 e. The number of rotatable bonds is 5. The Labute approximate surface area is 154 Å². The van der Waals surface area contributed by atoms with Gasteiger partial charge in [0, 0.05) is 17.2 Å². The second-order valence-corrected chi connectivity index (χ2v) is 5.66. The summed E-state index contributed by atoms with van der Waals surface area (Å²) >= 11 is 5.84. The predicted octanol–water partition coefficient (Wildman–Crippen LogP) is 5.01. The maximum atomic E-state index is 12.9. The van der Waals surface area contributed by atoms with E-state index in [1.807, 2.05) is 0 Å². The number of hydrogen-bond acceptors (Lipinski definition) is 6. The zero-order chi connectivity index (χ0) is 20.4. The van der Waals surface area contributed by atoms with E-state index in [1.165, 1.54) is 13.0 Å². The topological polar surface area (TPSA) is 111 Å². The van der Waals surface area contributed by atoms with Gasteiger partial charge in [-0.05, 0) is 24.6 Å². The summed E-state index contributed by atoms with van der Waals surface area (Å²) in [5, 5.41) is 26.5. The van der Waals surface area contributed by atoms with Gasteiger partial charge in [0.1, 0.15) is 0 Å². The molecule has 0 aliphatic heterocycles. The number of nitro benzene ring substituents is 2. The Morgan fingerprint density at radius 3 is 2.11 bits per heavy atom. The Balaban J connectivity index is 2.56. The fraction of sp³-hybridized carbons (Fsp3) is 0.133. The second-order valence-electron chi connectivity index (χ2n) is 5.22. The SMILES string of the molecule is C/C(=N/Nc1c([N+](=O)[O-])cc(C(F)(F)F)cc1[N+](=O)[O-])c1cccc(Cl)c1. The van der Waals surface area contributed by atoms with Gasteiger partial charge < -0.3 is 0 Å². The first kappa shape index (κ1) is 20.1. The minimum atomic E-state index is -4.99. The fourth-order valence-electron chi connectivity index (χ4n) is 2.10. The van der Waals surface area contributed by atoms with Gasteiger partial charge in [0.15, 0.2) is 0 Å². The number of hydrazone groups is 1. The molecule has 142 valence electrons. The van der Waals surface area contributed by atoms with Gasteiger partial charge in [0.05, 0.1) is 21.1 Å². The molecule has 0 saturated heterocycles. The number of alkyl halides is 3. The molecule has 12 heteroatoms. The Kier molecular flexibility index (Phi) is 5.64. The predicted molar refractivity (Wildman–Crippen MR) is 92.0 cm³/mol. The molecule has 0 bridgehead atoms. The fourth-order valence-corrected chi connectivity index (χ4v) is 2.29. The van der Waals surface area contributed by atoms with Crippen molar-refractivity contribution in [1.29, 1.82) is 0 Å². The van der Waals surface area contributed by atoms with Crippen molar-refractivity contribution < 1.29 is 23.0 Å². The number of nitrogens with zero attached hydrogens (tertiary/aromatic N) is 3. The number of nitro groups is 2. The van der Waals surface area contributed by atoms with E-state index in [9.17, 15) is 33.4 Å². The summed E-state index contributed by atoms with van der Waals surface area (Å²) in [5.41, 5.74) is -1.64. The molecule has 0 spiro atoms. The molecule has 8 nitrogen and oxygen atoms in total. The van der Waals surface area contributed by atoms with Gasteiger partial charge in [0.2, 0.25) is 5.69 Å². The van der Waals surface area contributed by atoms with Crippen LogP contribution in [0.3, 0.4) is 0 Å². The highest BCUT2D eigenvalue weighted by atomic mass is 35.5. The first-order valence-electron chi connectivity index (χ1n) is 7.11. The molecule has 27 heavy (non-hydrogen) atoms. The van der Waals surface area contributed by atoms with Crippen LogP contribution in [0.15, 0.2) is 41.5 Å². The van der Waals surface area contributed by atoms with Crippen molar-refractivity contribution in [2.45, 2.75) is 13.1 Å². The third-order valence-corrected chi connectivity index (χ3v) is 3.63. The molecular weight excluding hydrogens is 393 g/mol. The highest BCUT2D eigenvalue weighted by Gasteiger charge is 2.37. The van der Waals surface area contributed by atoms with Gasteiger partial charge in [-0.3, -0.25) is 25.7 Å². The Morgan fingerprint density at radius 1 is 1.11 bits per heavy atom. The highest BCUT2D eigenvalue weighted by molar-refractivity contribution is 6.31. The average Bonchev–Trinajstić information content (AvgIpc) is 2.57. The number of anilines is 1. The summed E-state index contributed by atoms with van der Waals surface area (Å²) in [5.74, 6) is 0. The molecule has 0 amide bonds. The van der Waals surface area contributed by atoms with Crippen LogP contribution in [0, 0.1) is 20.2 Å². The summed E-state index contributed by atoms with van der Waals surface area (Å²) in [7, 11) is 0. The van der Waals surface area contributed by atoms with E-state index in [2.05, 4.69) is 10.5 Å². The zero-order valence-corrected chi connectivity index (χ0v) is 14.2. The van der Waals surface area contributed by atoms with E-state index in [4.69, 9.17) is 11.6 Å². The van der Waals surface area contributed by atoms with E-state index in [1.54, 1.807) is 18.2 Å². The second kappa shape index (κ2) is 7.58. The number of benzene rings is 2. The molecular formula is C15H10ClF3N4O4. The summed E-state index contributed by atoms with van der Waals surface area (Å²) < 4.78 is 38.6. The van der Waals surface area contributed by atoms with Crippen molar-refractivity contribution in [3.8, 4) is 0 Å². The van der Waals surface area contributed by atoms with Crippen LogP contribution in [-0.2, 0) is 6.18 Å². The molecule has 2 aromatic rings. The molecule has 0 unspecified atom stereocenters. The van der Waals surface area contributed by atoms with Gasteiger partial charge in [-0.15, -0.1) is 0 Å². The van der Waals surface area contributed by atoms with Crippen molar-refractivity contribution in [1.82, 2.24) is 0 Å². The lowest BCUT2D eigenvalue weighted by Gasteiger charge is -2.10. The molecule has 1 N–H and O–H groups in total. The molecule has 0 heterocycles. The van der Waals surface area contributed by atoms with Crippen LogP contribution in [0.1, 0.15) is 18.1 Å². The van der Waals surface area contributed by atoms with Crippen molar-refractivity contribution in [3.05, 3.63) is 72.8 Å². The Morgan fingerprint density at radius 2 is 1.67 bits per heavy atom.